The van der Waals surface area contributed by atoms with Crippen LogP contribution in [0.5, 0.6) is 0 Å². The Morgan fingerprint density at radius 2 is 1.56 bits per heavy atom. The molecule has 2 nitrogen and oxygen atoms in total. The third-order valence-electron chi connectivity index (χ3n) is 2.30. The van der Waals surface area contributed by atoms with Crippen molar-refractivity contribution >= 4 is 53.4 Å². The van der Waals surface area contributed by atoms with Gasteiger partial charge in [0.05, 0.1) is 5.69 Å². The lowest BCUT2D eigenvalue weighted by molar-refractivity contribution is -0.106. The van der Waals surface area contributed by atoms with Gasteiger partial charge in [0.1, 0.15) is 0 Å². The van der Waals surface area contributed by atoms with E-state index in [1.165, 1.54) is 4.90 Å². The van der Waals surface area contributed by atoms with Crippen LogP contribution in [0.25, 0.3) is 0 Å². The molecule has 18 heavy (non-hydrogen) atoms. The molecule has 0 spiro atoms. The summed E-state index contributed by atoms with van der Waals surface area (Å²) in [6.07, 6.45) is 0.745. The van der Waals surface area contributed by atoms with Crippen LogP contribution < -0.4 is 4.90 Å². The normalized spacial score (nSPS) is 9.44. The second kappa shape index (κ2) is 6.64. The fraction of sp³-hybridized carbons (Fsp3) is 0. The third kappa shape index (κ3) is 3.39. The molecule has 0 saturated carbocycles. The molecular formula is C13H10Cl3NO. The molecule has 0 N–H and O–H groups in total. The topological polar surface area (TPSA) is 20.3 Å². The Kier molecular flexibility index (Phi) is 5.48. The molecule has 0 radical (unpaired) electrons. The monoisotopic (exact) mass is 301 g/mol. The van der Waals surface area contributed by atoms with Crippen LogP contribution in [0.15, 0.2) is 48.5 Å². The molecular weight excluding hydrogens is 293 g/mol. The van der Waals surface area contributed by atoms with E-state index in [0.29, 0.717) is 10.0 Å². The number of carbonyl (C=O) groups is 1. The van der Waals surface area contributed by atoms with Gasteiger partial charge in [0.2, 0.25) is 6.41 Å². The minimum atomic E-state index is 0. The predicted octanol–water partition coefficient (Wildman–Crippen LogP) is 4.71. The highest BCUT2D eigenvalue weighted by molar-refractivity contribution is 6.31. The summed E-state index contributed by atoms with van der Waals surface area (Å²) in [7, 11) is 0. The highest BCUT2D eigenvalue weighted by atomic mass is 35.5. The Labute approximate surface area is 122 Å². The number of anilines is 2. The smallest absolute Gasteiger partial charge is 0.218 e. The minimum Gasteiger partial charge on any atom is -0.284 e. The van der Waals surface area contributed by atoms with E-state index < -0.39 is 0 Å². The average molecular weight is 303 g/mol. The number of hydrogen-bond donors (Lipinski definition) is 0. The number of rotatable bonds is 3. The van der Waals surface area contributed by atoms with Gasteiger partial charge in [0, 0.05) is 15.7 Å². The van der Waals surface area contributed by atoms with Gasteiger partial charge in [0.15, 0.2) is 0 Å². The summed E-state index contributed by atoms with van der Waals surface area (Å²) in [6, 6.07) is 14.1. The van der Waals surface area contributed by atoms with E-state index >= 15 is 0 Å². The molecule has 0 aliphatic rings. The molecule has 0 aliphatic carbocycles. The van der Waals surface area contributed by atoms with Gasteiger partial charge in [-0.05, 0) is 42.5 Å². The van der Waals surface area contributed by atoms with Gasteiger partial charge in [-0.25, -0.2) is 0 Å². The second-order valence-corrected chi connectivity index (χ2v) is 4.30. The molecule has 0 unspecified atom stereocenters. The van der Waals surface area contributed by atoms with Crippen LogP contribution in [0.3, 0.4) is 0 Å². The Bertz CT molecular complexity index is 528. The van der Waals surface area contributed by atoms with E-state index in [2.05, 4.69) is 0 Å². The zero-order chi connectivity index (χ0) is 12.3. The lowest BCUT2D eigenvalue weighted by atomic mass is 10.2. The minimum absolute atomic E-state index is 0. The fourth-order valence-electron chi connectivity index (χ4n) is 1.50. The Morgan fingerprint density at radius 1 is 0.889 bits per heavy atom. The van der Waals surface area contributed by atoms with E-state index in [-0.39, 0.29) is 12.4 Å². The Hall–Kier alpha value is -1.22. The lowest BCUT2D eigenvalue weighted by Crippen LogP contribution is -2.13. The van der Waals surface area contributed by atoms with Crippen LogP contribution in [-0.2, 0) is 4.79 Å². The van der Waals surface area contributed by atoms with Crippen molar-refractivity contribution in [3.63, 3.8) is 0 Å². The molecule has 0 saturated heterocycles. The van der Waals surface area contributed by atoms with Crippen LogP contribution in [0.4, 0.5) is 11.4 Å². The summed E-state index contributed by atoms with van der Waals surface area (Å²) in [5.41, 5.74) is 1.46. The van der Waals surface area contributed by atoms with Crippen molar-refractivity contribution < 1.29 is 4.79 Å². The zero-order valence-corrected chi connectivity index (χ0v) is 11.5. The highest BCUT2D eigenvalue weighted by Gasteiger charge is 2.08. The van der Waals surface area contributed by atoms with Crippen LogP contribution in [-0.4, -0.2) is 6.41 Å². The molecule has 0 aliphatic heterocycles. The average Bonchev–Trinajstić information content (AvgIpc) is 2.33. The summed E-state index contributed by atoms with van der Waals surface area (Å²) in [5.74, 6) is 0. The summed E-state index contributed by atoms with van der Waals surface area (Å²) in [4.78, 5) is 12.7. The van der Waals surface area contributed by atoms with Gasteiger partial charge >= 0.3 is 0 Å². The maximum absolute atomic E-state index is 11.2. The molecule has 2 aromatic carbocycles. The zero-order valence-electron chi connectivity index (χ0n) is 9.22. The largest absolute Gasteiger partial charge is 0.284 e. The number of benzene rings is 2. The van der Waals surface area contributed by atoms with Crippen molar-refractivity contribution in [1.82, 2.24) is 0 Å². The first-order chi connectivity index (χ1) is 8.20. The molecule has 0 aromatic heterocycles. The summed E-state index contributed by atoms with van der Waals surface area (Å²) in [5, 5.41) is 1.22. The third-order valence-corrected chi connectivity index (χ3v) is 2.78. The second-order valence-electron chi connectivity index (χ2n) is 3.43. The molecule has 5 heteroatoms. The van der Waals surface area contributed by atoms with Gasteiger partial charge < -0.3 is 0 Å². The maximum Gasteiger partial charge on any atom is 0.218 e. The maximum atomic E-state index is 11.2. The van der Waals surface area contributed by atoms with Gasteiger partial charge in [0.25, 0.3) is 0 Å². The summed E-state index contributed by atoms with van der Waals surface area (Å²) >= 11 is 11.7. The molecule has 94 valence electrons. The van der Waals surface area contributed by atoms with Crippen molar-refractivity contribution in [2.45, 2.75) is 0 Å². The van der Waals surface area contributed by atoms with Crippen LogP contribution in [0.2, 0.25) is 10.0 Å². The van der Waals surface area contributed by atoms with Gasteiger partial charge in [-0.1, -0.05) is 29.3 Å². The molecule has 1 amide bonds. The quantitative estimate of drug-likeness (QED) is 0.752. The summed E-state index contributed by atoms with van der Waals surface area (Å²) in [6.45, 7) is 0. The molecule has 0 heterocycles. The van der Waals surface area contributed by atoms with Gasteiger partial charge in [-0.15, -0.1) is 12.4 Å². The standard InChI is InChI=1S/C13H9Cl2NO.ClH/c14-10-4-6-12(7-5-10)16(9-17)13-3-1-2-11(15)8-13;/h1-9H;1H. The van der Waals surface area contributed by atoms with E-state index in [0.717, 1.165) is 17.8 Å². The van der Waals surface area contributed by atoms with E-state index in [4.69, 9.17) is 23.2 Å². The number of hydrogen-bond acceptors (Lipinski definition) is 1. The molecule has 0 atom stereocenters. The first kappa shape index (κ1) is 14.8. The Morgan fingerprint density at radius 3 is 2.11 bits per heavy atom. The number of nitrogens with zero attached hydrogens (tertiary/aromatic N) is 1. The van der Waals surface area contributed by atoms with E-state index in [1.54, 1.807) is 42.5 Å². The van der Waals surface area contributed by atoms with E-state index in [9.17, 15) is 4.79 Å². The first-order valence-corrected chi connectivity index (χ1v) is 5.72. The number of carbonyl (C=O) groups excluding carboxylic acids is 1. The SMILES string of the molecule is Cl.O=CN(c1ccc(Cl)cc1)c1cccc(Cl)c1. The van der Waals surface area contributed by atoms with Crippen molar-refractivity contribution in [2.75, 3.05) is 4.90 Å². The molecule has 2 aromatic rings. The Balaban J connectivity index is 0.00000162. The van der Waals surface area contributed by atoms with Crippen LogP contribution in [0.1, 0.15) is 0 Å². The van der Waals surface area contributed by atoms with Crippen LogP contribution in [0, 0.1) is 0 Å². The fourth-order valence-corrected chi connectivity index (χ4v) is 1.81. The van der Waals surface area contributed by atoms with Crippen molar-refractivity contribution in [1.29, 1.82) is 0 Å². The number of halogens is 3. The van der Waals surface area contributed by atoms with Crippen LogP contribution >= 0.6 is 35.6 Å². The molecule has 2 rings (SSSR count). The van der Waals surface area contributed by atoms with Crippen molar-refractivity contribution in [2.24, 2.45) is 0 Å². The van der Waals surface area contributed by atoms with Gasteiger partial charge in [-0.3, -0.25) is 9.69 Å². The van der Waals surface area contributed by atoms with Crippen molar-refractivity contribution in [3.8, 4) is 0 Å². The van der Waals surface area contributed by atoms with Gasteiger partial charge in [-0.2, -0.15) is 0 Å². The van der Waals surface area contributed by atoms with E-state index in [1.807, 2.05) is 6.07 Å². The molecule has 0 bridgehead atoms. The molecule has 0 fully saturated rings. The first-order valence-electron chi connectivity index (χ1n) is 4.96. The van der Waals surface area contributed by atoms with Crippen molar-refractivity contribution in [3.05, 3.63) is 58.6 Å². The predicted molar refractivity (Wildman–Crippen MR) is 78.4 cm³/mol. The lowest BCUT2D eigenvalue weighted by Gasteiger charge is -2.17. The highest BCUT2D eigenvalue weighted by Crippen LogP contribution is 2.26. The number of amides is 1. The summed E-state index contributed by atoms with van der Waals surface area (Å²) < 4.78 is 0.